The summed E-state index contributed by atoms with van der Waals surface area (Å²) in [5.41, 5.74) is 3.44. The summed E-state index contributed by atoms with van der Waals surface area (Å²) in [5, 5.41) is 13.6. The molecule has 0 bridgehead atoms. The van der Waals surface area contributed by atoms with Gasteiger partial charge in [-0.3, -0.25) is 4.79 Å². The second-order valence-electron chi connectivity index (χ2n) is 9.47. The Kier molecular flexibility index (Phi) is 5.12. The van der Waals surface area contributed by atoms with E-state index in [0.29, 0.717) is 48.2 Å². The normalized spacial score (nSPS) is 19.6. The first-order chi connectivity index (χ1) is 17.7. The molecule has 0 spiro atoms. The molecule has 0 unspecified atom stereocenters. The van der Waals surface area contributed by atoms with Gasteiger partial charge in [-0.15, -0.1) is 5.10 Å². The lowest BCUT2D eigenvalue weighted by molar-refractivity contribution is 0.0924. The predicted molar refractivity (Wildman–Crippen MR) is 132 cm³/mol. The monoisotopic (exact) mass is 486 g/mol. The number of aromatic amines is 1. The molecule has 0 saturated carbocycles. The quantitative estimate of drug-likeness (QED) is 0.459. The summed E-state index contributed by atoms with van der Waals surface area (Å²) in [6, 6.07) is 13.5. The number of ether oxygens (including phenoxy) is 3. The standard InChI is InChI=1S/C26H26N6O4/c33-26-19(12-17-13-22-23(14-20(17)27-26)36-11-10-35-22)24(31-8-7-16-4-1-2-6-21(16)31)25-28-29-30-32(25)15-18-5-3-9-34-18/h1-2,4,6,12-14,18,24H,3,5,7-11,15H2,(H,27,33)/t18-,24-/m0/s1. The fourth-order valence-corrected chi connectivity index (χ4v) is 5.56. The molecule has 7 rings (SSSR count). The van der Waals surface area contributed by atoms with Gasteiger partial charge in [0.1, 0.15) is 19.3 Å². The number of tetrazole rings is 1. The summed E-state index contributed by atoms with van der Waals surface area (Å²) in [6.45, 7) is 3.06. The van der Waals surface area contributed by atoms with Crippen LogP contribution in [0.3, 0.4) is 0 Å². The number of pyridine rings is 1. The van der Waals surface area contributed by atoms with E-state index in [9.17, 15) is 4.79 Å². The van der Waals surface area contributed by atoms with Crippen molar-refractivity contribution in [1.29, 1.82) is 0 Å². The van der Waals surface area contributed by atoms with Gasteiger partial charge < -0.3 is 24.1 Å². The van der Waals surface area contributed by atoms with E-state index in [1.165, 1.54) is 5.56 Å². The van der Waals surface area contributed by atoms with Crippen LogP contribution in [0, 0.1) is 0 Å². The second kappa shape index (κ2) is 8.63. The van der Waals surface area contributed by atoms with Crippen molar-refractivity contribution in [2.24, 2.45) is 0 Å². The van der Waals surface area contributed by atoms with Gasteiger partial charge in [-0.05, 0) is 53.5 Å². The summed E-state index contributed by atoms with van der Waals surface area (Å²) in [6.07, 6.45) is 2.97. The van der Waals surface area contributed by atoms with Crippen molar-refractivity contribution in [3.05, 3.63) is 69.8 Å². The average Bonchev–Trinajstić information content (AvgIpc) is 3.66. The zero-order valence-corrected chi connectivity index (χ0v) is 19.7. The molecule has 1 fully saturated rings. The van der Waals surface area contributed by atoms with E-state index < -0.39 is 6.04 Å². The molecule has 1 saturated heterocycles. The number of para-hydroxylation sites is 1. The molecule has 3 aliphatic rings. The first-order valence-corrected chi connectivity index (χ1v) is 12.4. The molecule has 0 amide bonds. The molecule has 5 heterocycles. The Bertz CT molecular complexity index is 1490. The third-order valence-corrected chi connectivity index (χ3v) is 7.27. The minimum Gasteiger partial charge on any atom is -0.486 e. The molecule has 2 atom stereocenters. The number of nitrogens with zero attached hydrogens (tertiary/aromatic N) is 5. The van der Waals surface area contributed by atoms with E-state index in [2.05, 4.69) is 37.5 Å². The van der Waals surface area contributed by atoms with Gasteiger partial charge in [0, 0.05) is 35.9 Å². The van der Waals surface area contributed by atoms with E-state index in [4.69, 9.17) is 14.2 Å². The minimum atomic E-state index is -0.466. The maximum absolute atomic E-state index is 13.6. The summed E-state index contributed by atoms with van der Waals surface area (Å²) in [5.74, 6) is 1.95. The molecule has 0 aliphatic carbocycles. The van der Waals surface area contributed by atoms with Gasteiger partial charge in [-0.1, -0.05) is 18.2 Å². The van der Waals surface area contributed by atoms with Crippen LogP contribution >= 0.6 is 0 Å². The van der Waals surface area contributed by atoms with Crippen LogP contribution < -0.4 is 19.9 Å². The molecule has 2 aromatic heterocycles. The van der Waals surface area contributed by atoms with Gasteiger partial charge in [0.2, 0.25) is 0 Å². The number of H-pyrrole nitrogens is 1. The smallest absolute Gasteiger partial charge is 0.254 e. The molecule has 0 radical (unpaired) electrons. The molecular formula is C26H26N6O4. The number of aromatic nitrogens is 5. The van der Waals surface area contributed by atoms with Gasteiger partial charge in [0.05, 0.1) is 18.2 Å². The Morgan fingerprint density at radius 3 is 2.81 bits per heavy atom. The highest BCUT2D eigenvalue weighted by Gasteiger charge is 2.35. The molecule has 1 N–H and O–H groups in total. The average molecular weight is 487 g/mol. The van der Waals surface area contributed by atoms with E-state index in [1.54, 1.807) is 4.68 Å². The molecule has 10 heteroatoms. The van der Waals surface area contributed by atoms with E-state index >= 15 is 0 Å². The summed E-state index contributed by atoms with van der Waals surface area (Å²) < 4.78 is 19.2. The number of benzene rings is 2. The largest absolute Gasteiger partial charge is 0.486 e. The Morgan fingerprint density at radius 2 is 1.94 bits per heavy atom. The van der Waals surface area contributed by atoms with Gasteiger partial charge in [0.25, 0.3) is 5.56 Å². The zero-order chi connectivity index (χ0) is 24.1. The fraction of sp³-hybridized carbons (Fsp3) is 0.385. The molecule has 184 valence electrons. The van der Waals surface area contributed by atoms with Crippen molar-refractivity contribution >= 4 is 16.6 Å². The maximum atomic E-state index is 13.6. The Labute approximate surface area is 206 Å². The lowest BCUT2D eigenvalue weighted by atomic mass is 10.0. The molecule has 4 aromatic rings. The summed E-state index contributed by atoms with van der Waals surface area (Å²) in [4.78, 5) is 18.9. The lowest BCUT2D eigenvalue weighted by Gasteiger charge is -2.30. The van der Waals surface area contributed by atoms with E-state index in [0.717, 1.165) is 43.5 Å². The molecule has 3 aliphatic heterocycles. The predicted octanol–water partition coefficient (Wildman–Crippen LogP) is 2.62. The Hall–Kier alpha value is -3.92. The van der Waals surface area contributed by atoms with Crippen molar-refractivity contribution in [2.75, 3.05) is 31.3 Å². The van der Waals surface area contributed by atoms with Gasteiger partial charge in [-0.2, -0.15) is 0 Å². The van der Waals surface area contributed by atoms with Crippen LogP contribution in [0.2, 0.25) is 0 Å². The van der Waals surface area contributed by atoms with E-state index in [-0.39, 0.29) is 11.7 Å². The van der Waals surface area contributed by atoms with Crippen molar-refractivity contribution in [1.82, 2.24) is 25.2 Å². The number of nitrogens with one attached hydrogen (secondary N) is 1. The second-order valence-corrected chi connectivity index (χ2v) is 9.47. The van der Waals surface area contributed by atoms with Crippen molar-refractivity contribution in [2.45, 2.75) is 38.0 Å². The van der Waals surface area contributed by atoms with Gasteiger partial charge in [0.15, 0.2) is 17.3 Å². The lowest BCUT2D eigenvalue weighted by Crippen LogP contribution is -2.35. The van der Waals surface area contributed by atoms with Crippen LogP contribution in [-0.4, -0.2) is 57.7 Å². The number of rotatable bonds is 5. The van der Waals surface area contributed by atoms with Crippen molar-refractivity contribution in [3.8, 4) is 11.5 Å². The fourth-order valence-electron chi connectivity index (χ4n) is 5.56. The SMILES string of the molecule is O=c1[nH]c2cc3c(cc2cc1[C@@H](c1nnnn1C[C@@H]1CCCO1)N1CCc2ccccc21)OCCO3. The van der Waals surface area contributed by atoms with Crippen LogP contribution in [0.5, 0.6) is 11.5 Å². The van der Waals surface area contributed by atoms with Crippen LogP contribution in [0.15, 0.2) is 47.3 Å². The first-order valence-electron chi connectivity index (χ1n) is 12.4. The maximum Gasteiger partial charge on any atom is 0.254 e. The van der Waals surface area contributed by atoms with Crippen LogP contribution in [0.4, 0.5) is 5.69 Å². The van der Waals surface area contributed by atoms with Crippen molar-refractivity contribution < 1.29 is 14.2 Å². The highest BCUT2D eigenvalue weighted by molar-refractivity contribution is 5.83. The number of fused-ring (bicyclic) bond motifs is 3. The van der Waals surface area contributed by atoms with Crippen LogP contribution in [0.25, 0.3) is 10.9 Å². The minimum absolute atomic E-state index is 0.0670. The third-order valence-electron chi connectivity index (χ3n) is 7.27. The first kappa shape index (κ1) is 21.4. The van der Waals surface area contributed by atoms with Gasteiger partial charge >= 0.3 is 0 Å². The molecule has 36 heavy (non-hydrogen) atoms. The van der Waals surface area contributed by atoms with Crippen LogP contribution in [-0.2, 0) is 17.7 Å². The summed E-state index contributed by atoms with van der Waals surface area (Å²) in [7, 11) is 0. The van der Waals surface area contributed by atoms with E-state index in [1.807, 2.05) is 30.3 Å². The molecule has 10 nitrogen and oxygen atoms in total. The van der Waals surface area contributed by atoms with Gasteiger partial charge in [-0.25, -0.2) is 4.68 Å². The van der Waals surface area contributed by atoms with Crippen LogP contribution in [0.1, 0.15) is 35.8 Å². The molecular weight excluding hydrogens is 460 g/mol. The topological polar surface area (TPSA) is 107 Å². The molecule has 2 aromatic carbocycles. The van der Waals surface area contributed by atoms with Crippen molar-refractivity contribution in [3.63, 3.8) is 0 Å². The summed E-state index contributed by atoms with van der Waals surface area (Å²) >= 11 is 0. The Balaban J connectivity index is 1.38. The number of anilines is 1. The Morgan fingerprint density at radius 1 is 1.08 bits per heavy atom. The highest BCUT2D eigenvalue weighted by Crippen LogP contribution is 2.39. The third kappa shape index (κ3) is 3.60. The highest BCUT2D eigenvalue weighted by atomic mass is 16.6. The number of hydrogen-bond acceptors (Lipinski definition) is 8. The zero-order valence-electron chi connectivity index (χ0n) is 19.7. The number of hydrogen-bond donors (Lipinski definition) is 1.